The first-order chi connectivity index (χ1) is 7.61. The Hall–Kier alpha value is -1.82. The number of anilines is 1. The third-order valence-electron chi connectivity index (χ3n) is 2.58. The molecule has 0 saturated heterocycles. The molecule has 0 amide bonds. The Kier molecular flexibility index (Phi) is 2.66. The van der Waals surface area contributed by atoms with Crippen LogP contribution in [0.1, 0.15) is 6.42 Å². The zero-order valence-corrected chi connectivity index (χ0v) is 8.84. The van der Waals surface area contributed by atoms with Crippen molar-refractivity contribution in [2.45, 2.75) is 18.5 Å². The van der Waals surface area contributed by atoms with E-state index in [1.54, 1.807) is 12.1 Å². The van der Waals surface area contributed by atoms with Gasteiger partial charge < -0.3 is 15.8 Å². The number of nitrogens with one attached hydrogen (secondary N) is 1. The van der Waals surface area contributed by atoms with Gasteiger partial charge in [-0.25, -0.2) is 0 Å². The van der Waals surface area contributed by atoms with Crippen LogP contribution in [-0.2, 0) is 0 Å². The fourth-order valence-electron chi connectivity index (χ4n) is 1.49. The summed E-state index contributed by atoms with van der Waals surface area (Å²) in [5.41, 5.74) is 6.14. The van der Waals surface area contributed by atoms with Crippen molar-refractivity contribution in [1.29, 1.82) is 0 Å². The molecular weight excluding hydrogens is 210 g/mol. The lowest BCUT2D eigenvalue weighted by Gasteiger charge is -2.07. The van der Waals surface area contributed by atoms with Gasteiger partial charge in [0.05, 0.1) is 18.1 Å². The summed E-state index contributed by atoms with van der Waals surface area (Å²) >= 11 is 0. The van der Waals surface area contributed by atoms with Crippen LogP contribution in [0.25, 0.3) is 0 Å². The summed E-state index contributed by atoms with van der Waals surface area (Å²) in [4.78, 5) is 10.4. The van der Waals surface area contributed by atoms with Gasteiger partial charge >= 0.3 is 0 Å². The van der Waals surface area contributed by atoms with Gasteiger partial charge in [0, 0.05) is 12.1 Å². The molecule has 16 heavy (non-hydrogen) atoms. The van der Waals surface area contributed by atoms with Crippen LogP contribution in [0.3, 0.4) is 0 Å². The van der Waals surface area contributed by atoms with Crippen molar-refractivity contribution in [3.05, 3.63) is 28.3 Å². The zero-order chi connectivity index (χ0) is 11.7. The first-order valence-electron chi connectivity index (χ1n) is 4.96. The largest absolute Gasteiger partial charge is 0.496 e. The van der Waals surface area contributed by atoms with Gasteiger partial charge in [0.2, 0.25) is 0 Å². The second-order valence-corrected chi connectivity index (χ2v) is 3.79. The Balaban J connectivity index is 2.25. The van der Waals surface area contributed by atoms with Crippen molar-refractivity contribution in [3.8, 4) is 5.75 Å². The van der Waals surface area contributed by atoms with Crippen LogP contribution in [0.15, 0.2) is 18.2 Å². The number of rotatable bonds is 4. The van der Waals surface area contributed by atoms with Gasteiger partial charge in [-0.1, -0.05) is 0 Å². The van der Waals surface area contributed by atoms with Crippen molar-refractivity contribution in [3.63, 3.8) is 0 Å². The molecule has 0 bridgehead atoms. The van der Waals surface area contributed by atoms with E-state index in [9.17, 15) is 10.1 Å². The second-order valence-electron chi connectivity index (χ2n) is 3.79. The first-order valence-corrected chi connectivity index (χ1v) is 4.96. The van der Waals surface area contributed by atoms with E-state index in [-0.39, 0.29) is 17.8 Å². The van der Waals surface area contributed by atoms with E-state index in [1.807, 2.05) is 0 Å². The van der Waals surface area contributed by atoms with Gasteiger partial charge in [0.25, 0.3) is 5.69 Å². The number of nitro benzene ring substituents is 1. The molecule has 0 aliphatic heterocycles. The molecule has 1 saturated carbocycles. The van der Waals surface area contributed by atoms with Crippen molar-refractivity contribution in [2.24, 2.45) is 5.73 Å². The molecular formula is C10H13N3O3. The minimum Gasteiger partial charge on any atom is -0.496 e. The van der Waals surface area contributed by atoms with E-state index in [2.05, 4.69) is 5.32 Å². The molecule has 1 aromatic rings. The lowest BCUT2D eigenvalue weighted by molar-refractivity contribution is -0.384. The summed E-state index contributed by atoms with van der Waals surface area (Å²) < 4.78 is 4.94. The van der Waals surface area contributed by atoms with Crippen molar-refractivity contribution in [1.82, 2.24) is 0 Å². The van der Waals surface area contributed by atoms with Crippen molar-refractivity contribution >= 4 is 11.4 Å². The number of benzene rings is 1. The number of ether oxygens (including phenoxy) is 1. The van der Waals surface area contributed by atoms with Crippen LogP contribution in [0, 0.1) is 10.1 Å². The Bertz CT molecular complexity index is 422. The fraction of sp³-hybridized carbons (Fsp3) is 0.400. The highest BCUT2D eigenvalue weighted by molar-refractivity contribution is 5.65. The Morgan fingerprint density at radius 3 is 2.81 bits per heavy atom. The Morgan fingerprint density at radius 2 is 2.31 bits per heavy atom. The van der Waals surface area contributed by atoms with Gasteiger partial charge in [-0.3, -0.25) is 10.1 Å². The molecule has 2 rings (SSSR count). The predicted octanol–water partition coefficient (Wildman–Crippen LogP) is 1.11. The molecule has 3 N–H and O–H groups in total. The molecule has 0 spiro atoms. The number of nitrogens with zero attached hydrogens (tertiary/aromatic N) is 1. The van der Waals surface area contributed by atoms with E-state index in [0.29, 0.717) is 11.4 Å². The third-order valence-corrected chi connectivity index (χ3v) is 2.58. The molecule has 0 aromatic heterocycles. The molecule has 2 atom stereocenters. The van der Waals surface area contributed by atoms with E-state index in [0.717, 1.165) is 6.42 Å². The monoisotopic (exact) mass is 223 g/mol. The van der Waals surface area contributed by atoms with Gasteiger partial charge in [0.1, 0.15) is 11.4 Å². The molecule has 86 valence electrons. The first kappa shape index (κ1) is 10.7. The van der Waals surface area contributed by atoms with Crippen LogP contribution in [0.2, 0.25) is 0 Å². The van der Waals surface area contributed by atoms with Crippen molar-refractivity contribution < 1.29 is 9.66 Å². The molecule has 1 fully saturated rings. The summed E-state index contributed by atoms with van der Waals surface area (Å²) in [6, 6.07) is 4.97. The van der Waals surface area contributed by atoms with Crippen LogP contribution >= 0.6 is 0 Å². The topological polar surface area (TPSA) is 90.4 Å². The lowest BCUT2D eigenvalue weighted by Crippen LogP contribution is -2.14. The average molecular weight is 223 g/mol. The predicted molar refractivity (Wildman–Crippen MR) is 59.7 cm³/mol. The molecule has 1 aliphatic carbocycles. The molecule has 6 nitrogen and oxygen atoms in total. The average Bonchev–Trinajstić information content (AvgIpc) is 2.94. The van der Waals surface area contributed by atoms with E-state index in [4.69, 9.17) is 10.5 Å². The highest BCUT2D eigenvalue weighted by atomic mass is 16.6. The van der Waals surface area contributed by atoms with Crippen LogP contribution < -0.4 is 15.8 Å². The summed E-state index contributed by atoms with van der Waals surface area (Å²) in [6.07, 6.45) is 0.850. The summed E-state index contributed by atoms with van der Waals surface area (Å²) in [5.74, 6) is 0.470. The minimum absolute atomic E-state index is 0.0125. The standard InChI is InChI=1S/C10H13N3O3/c1-16-6-2-3-8(10(4-6)13(14)15)12-9-5-7(9)11/h2-4,7,9,12H,5,11H2,1H3. The quantitative estimate of drug-likeness (QED) is 0.589. The number of methoxy groups -OCH3 is 1. The van der Waals surface area contributed by atoms with Gasteiger partial charge in [-0.15, -0.1) is 0 Å². The van der Waals surface area contributed by atoms with Gasteiger partial charge in [-0.2, -0.15) is 0 Å². The van der Waals surface area contributed by atoms with Crippen LogP contribution in [0.4, 0.5) is 11.4 Å². The minimum atomic E-state index is -0.432. The Morgan fingerprint density at radius 1 is 1.62 bits per heavy atom. The SMILES string of the molecule is COc1ccc(NC2CC2N)c([N+](=O)[O-])c1. The highest BCUT2D eigenvalue weighted by Crippen LogP contribution is 2.32. The van der Waals surface area contributed by atoms with Gasteiger partial charge in [0.15, 0.2) is 0 Å². The van der Waals surface area contributed by atoms with E-state index >= 15 is 0 Å². The fourth-order valence-corrected chi connectivity index (χ4v) is 1.49. The van der Waals surface area contributed by atoms with Crippen LogP contribution in [-0.4, -0.2) is 24.1 Å². The number of nitro groups is 1. The van der Waals surface area contributed by atoms with Crippen molar-refractivity contribution in [2.75, 3.05) is 12.4 Å². The molecule has 6 heteroatoms. The number of hydrogen-bond acceptors (Lipinski definition) is 5. The zero-order valence-electron chi connectivity index (χ0n) is 8.84. The number of nitrogens with two attached hydrogens (primary N) is 1. The summed E-state index contributed by atoms with van der Waals surface area (Å²) in [6.45, 7) is 0. The highest BCUT2D eigenvalue weighted by Gasteiger charge is 2.34. The summed E-state index contributed by atoms with van der Waals surface area (Å²) in [7, 11) is 1.48. The van der Waals surface area contributed by atoms with E-state index < -0.39 is 4.92 Å². The van der Waals surface area contributed by atoms with Crippen LogP contribution in [0.5, 0.6) is 5.75 Å². The second kappa shape index (κ2) is 3.97. The molecule has 1 aliphatic rings. The Labute approximate surface area is 92.5 Å². The number of hydrogen-bond donors (Lipinski definition) is 2. The normalized spacial score (nSPS) is 22.6. The lowest BCUT2D eigenvalue weighted by atomic mass is 10.2. The molecule has 0 radical (unpaired) electrons. The maximum absolute atomic E-state index is 10.9. The maximum Gasteiger partial charge on any atom is 0.296 e. The smallest absolute Gasteiger partial charge is 0.296 e. The molecule has 1 aromatic carbocycles. The van der Waals surface area contributed by atoms with E-state index in [1.165, 1.54) is 13.2 Å². The third kappa shape index (κ3) is 2.06. The molecule has 2 unspecified atom stereocenters. The maximum atomic E-state index is 10.9. The molecule has 0 heterocycles. The summed E-state index contributed by atoms with van der Waals surface area (Å²) in [5, 5.41) is 13.9. The van der Waals surface area contributed by atoms with Gasteiger partial charge in [-0.05, 0) is 18.6 Å².